The number of carbonyl (C=O) groups excluding carboxylic acids is 3. The normalized spacial score (nSPS) is 20.7. The molecule has 0 bridgehead atoms. The van der Waals surface area contributed by atoms with Gasteiger partial charge in [0.1, 0.15) is 18.1 Å². The molecule has 2 aromatic rings. The molecule has 2 saturated heterocycles. The maximum Gasteiger partial charge on any atom is 0.326 e. The van der Waals surface area contributed by atoms with Gasteiger partial charge >= 0.3 is 5.97 Å². The van der Waals surface area contributed by atoms with E-state index in [0.717, 1.165) is 24.1 Å². The first-order chi connectivity index (χ1) is 17.9. The van der Waals surface area contributed by atoms with E-state index in [1.54, 1.807) is 0 Å². The van der Waals surface area contributed by atoms with Crippen LogP contribution in [0.5, 0.6) is 0 Å². The molecule has 0 radical (unpaired) electrons. The van der Waals surface area contributed by atoms with Gasteiger partial charge in [-0.3, -0.25) is 14.4 Å². The molecule has 9 nitrogen and oxygen atoms in total. The molecule has 4 atom stereocenters. The minimum atomic E-state index is -1.05. The number of carboxylic acids is 1. The third-order valence-corrected chi connectivity index (χ3v) is 7.01. The zero-order valence-electron chi connectivity index (χ0n) is 20.8. The summed E-state index contributed by atoms with van der Waals surface area (Å²) in [6.07, 6.45) is 3.04. The van der Waals surface area contributed by atoms with Crippen LogP contribution in [0.3, 0.4) is 0 Å². The molecule has 0 spiro atoms. The second kappa shape index (κ2) is 12.5. The van der Waals surface area contributed by atoms with E-state index in [2.05, 4.69) is 16.0 Å². The molecule has 4 rings (SSSR count). The number of hydrogen-bond donors (Lipinski definition) is 4. The molecule has 4 unspecified atom stereocenters. The first-order valence-corrected chi connectivity index (χ1v) is 12.9. The van der Waals surface area contributed by atoms with Crippen LogP contribution in [0, 0.1) is 0 Å². The second-order valence-corrected chi connectivity index (χ2v) is 9.68. The Morgan fingerprint density at radius 2 is 1.49 bits per heavy atom. The molecule has 2 aromatic carbocycles. The highest BCUT2D eigenvalue weighted by molar-refractivity contribution is 5.94. The van der Waals surface area contributed by atoms with Crippen molar-refractivity contribution in [2.75, 3.05) is 13.1 Å². The summed E-state index contributed by atoms with van der Waals surface area (Å²) in [5.74, 6) is -2.20. The summed E-state index contributed by atoms with van der Waals surface area (Å²) in [7, 11) is 0. The van der Waals surface area contributed by atoms with Crippen LogP contribution in [0.1, 0.15) is 36.8 Å². The molecule has 3 amide bonds. The zero-order valence-corrected chi connectivity index (χ0v) is 20.8. The first kappa shape index (κ1) is 26.3. The molecule has 37 heavy (non-hydrogen) atoms. The smallest absolute Gasteiger partial charge is 0.326 e. The van der Waals surface area contributed by atoms with Crippen molar-refractivity contribution < 1.29 is 24.3 Å². The van der Waals surface area contributed by atoms with E-state index in [9.17, 15) is 24.3 Å². The molecule has 2 fully saturated rings. The number of aliphatic carboxylic acids is 1. The third-order valence-electron chi connectivity index (χ3n) is 7.01. The Bertz CT molecular complexity index is 1090. The average Bonchev–Trinajstić information content (AvgIpc) is 3.62. The highest BCUT2D eigenvalue weighted by Crippen LogP contribution is 2.20. The molecular weight excluding hydrogens is 472 g/mol. The largest absolute Gasteiger partial charge is 0.480 e. The van der Waals surface area contributed by atoms with E-state index in [-0.39, 0.29) is 24.8 Å². The van der Waals surface area contributed by atoms with Crippen LogP contribution >= 0.6 is 0 Å². The summed E-state index contributed by atoms with van der Waals surface area (Å²) in [4.78, 5) is 53.2. The number of nitrogens with zero attached hydrogens (tertiary/aromatic N) is 1. The van der Waals surface area contributed by atoms with Crippen molar-refractivity contribution in [1.82, 2.24) is 20.9 Å². The van der Waals surface area contributed by atoms with E-state index in [1.807, 2.05) is 60.7 Å². The van der Waals surface area contributed by atoms with Gasteiger partial charge in [0, 0.05) is 19.4 Å². The monoisotopic (exact) mass is 506 g/mol. The van der Waals surface area contributed by atoms with Gasteiger partial charge < -0.3 is 26.0 Å². The summed E-state index contributed by atoms with van der Waals surface area (Å²) < 4.78 is 0. The SMILES string of the molecule is O=C(NC(Cc1ccccc1)C(=O)NC(Cc1ccccc1)C(=O)N1CCCC1C(=O)O)C1CCCN1. The molecule has 2 heterocycles. The average molecular weight is 507 g/mol. The van der Waals surface area contributed by atoms with Gasteiger partial charge in [-0.2, -0.15) is 0 Å². The van der Waals surface area contributed by atoms with Crippen molar-refractivity contribution >= 4 is 23.7 Å². The topological polar surface area (TPSA) is 128 Å². The van der Waals surface area contributed by atoms with Gasteiger partial charge in [0.05, 0.1) is 6.04 Å². The van der Waals surface area contributed by atoms with Crippen LogP contribution in [-0.4, -0.2) is 71.0 Å². The highest BCUT2D eigenvalue weighted by Gasteiger charge is 2.38. The Balaban J connectivity index is 1.55. The lowest BCUT2D eigenvalue weighted by Gasteiger charge is -2.29. The van der Waals surface area contributed by atoms with Gasteiger partial charge in [-0.1, -0.05) is 60.7 Å². The Morgan fingerprint density at radius 1 is 0.865 bits per heavy atom. The number of rotatable bonds is 10. The summed E-state index contributed by atoms with van der Waals surface area (Å²) in [5.41, 5.74) is 1.71. The number of carboxylic acid groups (broad SMARTS) is 1. The molecule has 196 valence electrons. The number of likely N-dealkylation sites (tertiary alicyclic amines) is 1. The van der Waals surface area contributed by atoms with Crippen molar-refractivity contribution in [3.05, 3.63) is 71.8 Å². The van der Waals surface area contributed by atoms with Crippen molar-refractivity contribution in [3.8, 4) is 0 Å². The zero-order chi connectivity index (χ0) is 26.2. The molecule has 2 aliphatic heterocycles. The van der Waals surface area contributed by atoms with Crippen molar-refractivity contribution in [3.63, 3.8) is 0 Å². The Kier molecular flexibility index (Phi) is 8.90. The number of hydrogen-bond acceptors (Lipinski definition) is 5. The van der Waals surface area contributed by atoms with Gasteiger partial charge in [0.15, 0.2) is 0 Å². The van der Waals surface area contributed by atoms with E-state index in [0.29, 0.717) is 25.8 Å². The number of nitrogens with one attached hydrogen (secondary N) is 3. The number of amides is 3. The minimum Gasteiger partial charge on any atom is -0.480 e. The van der Waals surface area contributed by atoms with Gasteiger partial charge in [-0.25, -0.2) is 4.79 Å². The highest BCUT2D eigenvalue weighted by atomic mass is 16.4. The summed E-state index contributed by atoms with van der Waals surface area (Å²) >= 11 is 0. The molecule has 9 heteroatoms. The van der Waals surface area contributed by atoms with E-state index < -0.39 is 35.9 Å². The van der Waals surface area contributed by atoms with Crippen LogP contribution in [0.2, 0.25) is 0 Å². The Hall–Kier alpha value is -3.72. The first-order valence-electron chi connectivity index (χ1n) is 12.9. The standard InChI is InChI=1S/C28H34N4O5/c33-25(21-13-7-15-29-21)30-22(17-19-9-3-1-4-10-19)26(34)31-23(18-20-11-5-2-6-12-20)27(35)32-16-8-14-24(32)28(36)37/h1-6,9-12,21-24,29H,7-8,13-18H2,(H,30,33)(H,31,34)(H,36,37). The van der Waals surface area contributed by atoms with Gasteiger partial charge in [-0.15, -0.1) is 0 Å². The van der Waals surface area contributed by atoms with Gasteiger partial charge in [-0.05, 0) is 43.4 Å². The predicted octanol–water partition coefficient (Wildman–Crippen LogP) is 1.27. The number of benzene rings is 2. The minimum absolute atomic E-state index is 0.213. The van der Waals surface area contributed by atoms with Gasteiger partial charge in [0.25, 0.3) is 0 Å². The maximum absolute atomic E-state index is 13.6. The van der Waals surface area contributed by atoms with E-state index in [1.165, 1.54) is 4.90 Å². The molecule has 4 N–H and O–H groups in total. The van der Waals surface area contributed by atoms with Crippen LogP contribution in [0.15, 0.2) is 60.7 Å². The van der Waals surface area contributed by atoms with Gasteiger partial charge in [0.2, 0.25) is 17.7 Å². The van der Waals surface area contributed by atoms with Crippen LogP contribution in [0.4, 0.5) is 0 Å². The number of carbonyl (C=O) groups is 4. The second-order valence-electron chi connectivity index (χ2n) is 9.68. The lowest BCUT2D eigenvalue weighted by molar-refractivity contribution is -0.149. The Morgan fingerprint density at radius 3 is 2.05 bits per heavy atom. The molecule has 0 aliphatic carbocycles. The van der Waals surface area contributed by atoms with Crippen LogP contribution in [-0.2, 0) is 32.0 Å². The quantitative estimate of drug-likeness (QED) is 0.384. The maximum atomic E-state index is 13.6. The summed E-state index contributed by atoms with van der Waals surface area (Å²) in [5, 5.41) is 18.5. The molecule has 0 saturated carbocycles. The predicted molar refractivity (Wildman–Crippen MR) is 138 cm³/mol. The van der Waals surface area contributed by atoms with Crippen molar-refractivity contribution in [2.45, 2.75) is 62.7 Å². The van der Waals surface area contributed by atoms with E-state index >= 15 is 0 Å². The van der Waals surface area contributed by atoms with Crippen LogP contribution in [0.25, 0.3) is 0 Å². The summed E-state index contributed by atoms with van der Waals surface area (Å²) in [6.45, 7) is 1.08. The van der Waals surface area contributed by atoms with Crippen LogP contribution < -0.4 is 16.0 Å². The molecule has 0 aromatic heterocycles. The Labute approximate surface area is 216 Å². The summed E-state index contributed by atoms with van der Waals surface area (Å²) in [6, 6.07) is 15.5. The fourth-order valence-corrected chi connectivity index (χ4v) is 5.05. The molecular formula is C28H34N4O5. The van der Waals surface area contributed by atoms with E-state index in [4.69, 9.17) is 0 Å². The third kappa shape index (κ3) is 6.95. The fraction of sp³-hybridized carbons (Fsp3) is 0.429. The fourth-order valence-electron chi connectivity index (χ4n) is 5.05. The van der Waals surface area contributed by atoms with Crippen molar-refractivity contribution in [1.29, 1.82) is 0 Å². The lowest BCUT2D eigenvalue weighted by Crippen LogP contribution is -2.58. The molecule has 2 aliphatic rings. The van der Waals surface area contributed by atoms with Crippen molar-refractivity contribution in [2.24, 2.45) is 0 Å². The lowest BCUT2D eigenvalue weighted by atomic mass is 10.0.